The van der Waals surface area contributed by atoms with Crippen LogP contribution >= 0.6 is 0 Å². The van der Waals surface area contributed by atoms with Gasteiger partial charge in [0.1, 0.15) is 6.54 Å². The predicted octanol–water partition coefficient (Wildman–Crippen LogP) is 0.477. The molecule has 1 aromatic carbocycles. The first-order chi connectivity index (χ1) is 13.2. The highest BCUT2D eigenvalue weighted by Gasteiger charge is 2.17. The normalized spacial score (nSPS) is 11.0. The van der Waals surface area contributed by atoms with Crippen LogP contribution in [0.25, 0.3) is 11.2 Å². The minimum absolute atomic E-state index is 0.113. The van der Waals surface area contributed by atoms with Crippen LogP contribution in [-0.2, 0) is 30.2 Å². The minimum atomic E-state index is -0.687. The van der Waals surface area contributed by atoms with Gasteiger partial charge in [0.25, 0.3) is 5.56 Å². The molecular weight excluding hydrogens is 364 g/mol. The van der Waals surface area contributed by atoms with E-state index in [-0.39, 0.29) is 23.5 Å². The summed E-state index contributed by atoms with van der Waals surface area (Å²) in [5.41, 5.74) is 1.56. The molecule has 9 nitrogen and oxygen atoms in total. The topological polar surface area (TPSA) is 105 Å². The minimum Gasteiger partial charge on any atom is -0.456 e. The second-order valence-corrected chi connectivity index (χ2v) is 6.65. The summed E-state index contributed by atoms with van der Waals surface area (Å²) in [6, 6.07) is 5.40. The van der Waals surface area contributed by atoms with Crippen molar-refractivity contribution in [1.82, 2.24) is 18.7 Å². The van der Waals surface area contributed by atoms with Gasteiger partial charge in [-0.1, -0.05) is 23.8 Å². The van der Waals surface area contributed by atoms with E-state index in [1.165, 1.54) is 29.6 Å². The number of hydrogen-bond donors (Lipinski definition) is 0. The van der Waals surface area contributed by atoms with Crippen molar-refractivity contribution in [3.63, 3.8) is 0 Å². The zero-order chi connectivity index (χ0) is 20.6. The molecule has 0 atom stereocenters. The third kappa shape index (κ3) is 3.38. The van der Waals surface area contributed by atoms with Crippen molar-refractivity contribution in [2.45, 2.75) is 20.4 Å². The monoisotopic (exact) mass is 384 g/mol. The van der Waals surface area contributed by atoms with Gasteiger partial charge in [-0.3, -0.25) is 23.5 Å². The van der Waals surface area contributed by atoms with Gasteiger partial charge in [-0.25, -0.2) is 9.78 Å². The van der Waals surface area contributed by atoms with Crippen LogP contribution in [0.2, 0.25) is 0 Å². The maximum absolute atomic E-state index is 12.4. The Balaban J connectivity index is 1.76. The molecule has 28 heavy (non-hydrogen) atoms. The molecule has 0 aliphatic carbocycles. The maximum Gasteiger partial charge on any atom is 0.332 e. The first-order valence-corrected chi connectivity index (χ1v) is 8.57. The van der Waals surface area contributed by atoms with Gasteiger partial charge >= 0.3 is 11.7 Å². The second-order valence-electron chi connectivity index (χ2n) is 6.65. The molecule has 2 aromatic heterocycles. The fourth-order valence-corrected chi connectivity index (χ4v) is 3.05. The number of imidazole rings is 1. The first kappa shape index (κ1) is 19.3. The van der Waals surface area contributed by atoms with Gasteiger partial charge in [0.15, 0.2) is 17.8 Å². The average molecular weight is 384 g/mol. The maximum atomic E-state index is 12.4. The van der Waals surface area contributed by atoms with Gasteiger partial charge in [0.2, 0.25) is 5.78 Å². The molecule has 0 aliphatic heterocycles. The number of ether oxygens (including phenoxy) is 1. The predicted molar refractivity (Wildman–Crippen MR) is 101 cm³/mol. The van der Waals surface area contributed by atoms with Crippen LogP contribution in [0.5, 0.6) is 0 Å². The quantitative estimate of drug-likeness (QED) is 0.468. The fraction of sp³-hybridized carbons (Fsp3) is 0.316. The SMILES string of the molecule is Cc1ccc(C(=O)COC(=O)Cn2cnc3c2c(=O)n(C)c(=O)n3C)c(C)c1. The van der Waals surface area contributed by atoms with Gasteiger partial charge in [0.05, 0.1) is 6.33 Å². The van der Waals surface area contributed by atoms with Gasteiger partial charge in [-0.15, -0.1) is 0 Å². The number of aromatic nitrogens is 4. The molecule has 146 valence electrons. The van der Waals surface area contributed by atoms with Gasteiger partial charge in [-0.05, 0) is 19.4 Å². The van der Waals surface area contributed by atoms with E-state index in [9.17, 15) is 19.2 Å². The van der Waals surface area contributed by atoms with E-state index >= 15 is 0 Å². The number of fused-ring (bicyclic) bond motifs is 1. The van der Waals surface area contributed by atoms with Gasteiger partial charge in [-0.2, -0.15) is 0 Å². The highest BCUT2D eigenvalue weighted by Crippen LogP contribution is 2.12. The zero-order valence-corrected chi connectivity index (χ0v) is 16.1. The number of benzene rings is 1. The summed E-state index contributed by atoms with van der Waals surface area (Å²) < 4.78 is 8.55. The van der Waals surface area contributed by atoms with Crippen molar-refractivity contribution in [1.29, 1.82) is 0 Å². The number of esters is 1. The van der Waals surface area contributed by atoms with E-state index < -0.39 is 23.8 Å². The molecule has 0 saturated carbocycles. The van der Waals surface area contributed by atoms with E-state index in [1.807, 2.05) is 26.0 Å². The zero-order valence-electron chi connectivity index (χ0n) is 16.1. The lowest BCUT2D eigenvalue weighted by atomic mass is 10.0. The molecule has 3 aromatic rings. The molecule has 0 saturated heterocycles. The summed E-state index contributed by atoms with van der Waals surface area (Å²) in [5, 5.41) is 0. The Kier molecular flexibility index (Phi) is 5.00. The summed E-state index contributed by atoms with van der Waals surface area (Å²) in [4.78, 5) is 52.8. The molecule has 0 aliphatic rings. The van der Waals surface area contributed by atoms with Crippen LogP contribution in [0.3, 0.4) is 0 Å². The number of carbonyl (C=O) groups excluding carboxylic acids is 2. The van der Waals surface area contributed by atoms with Crippen LogP contribution in [0, 0.1) is 13.8 Å². The largest absolute Gasteiger partial charge is 0.456 e. The molecule has 3 rings (SSSR count). The Labute approximate surface area is 159 Å². The molecule has 0 amide bonds. The van der Waals surface area contributed by atoms with Crippen molar-refractivity contribution >= 4 is 22.9 Å². The summed E-state index contributed by atoms with van der Waals surface area (Å²) in [6.07, 6.45) is 1.29. The van der Waals surface area contributed by atoms with Gasteiger partial charge < -0.3 is 9.30 Å². The third-order valence-corrected chi connectivity index (χ3v) is 4.56. The number of rotatable bonds is 5. The molecule has 2 heterocycles. The van der Waals surface area contributed by atoms with Crippen molar-refractivity contribution in [3.8, 4) is 0 Å². The molecule has 0 N–H and O–H groups in total. The first-order valence-electron chi connectivity index (χ1n) is 8.57. The molecule has 0 spiro atoms. The molecule has 0 fully saturated rings. The van der Waals surface area contributed by atoms with Gasteiger partial charge in [0, 0.05) is 19.7 Å². The summed E-state index contributed by atoms with van der Waals surface area (Å²) in [5.74, 6) is -0.993. The molecule has 9 heteroatoms. The Morgan fingerprint density at radius 2 is 1.82 bits per heavy atom. The lowest BCUT2D eigenvalue weighted by Gasteiger charge is -2.08. The smallest absolute Gasteiger partial charge is 0.332 e. The van der Waals surface area contributed by atoms with E-state index in [2.05, 4.69) is 4.98 Å². The van der Waals surface area contributed by atoms with Crippen molar-refractivity contribution < 1.29 is 14.3 Å². The van der Waals surface area contributed by atoms with Crippen LogP contribution in [0.4, 0.5) is 0 Å². The van der Waals surface area contributed by atoms with E-state index in [0.717, 1.165) is 15.7 Å². The Morgan fingerprint density at radius 3 is 2.50 bits per heavy atom. The summed E-state index contributed by atoms with van der Waals surface area (Å²) in [6.45, 7) is 3.05. The highest BCUT2D eigenvalue weighted by atomic mass is 16.5. The third-order valence-electron chi connectivity index (χ3n) is 4.56. The number of aryl methyl sites for hydroxylation is 3. The van der Waals surface area contributed by atoms with Crippen molar-refractivity contribution in [2.24, 2.45) is 14.1 Å². The van der Waals surface area contributed by atoms with Crippen LogP contribution in [0.1, 0.15) is 21.5 Å². The van der Waals surface area contributed by atoms with Crippen LogP contribution in [-0.4, -0.2) is 37.0 Å². The van der Waals surface area contributed by atoms with E-state index in [4.69, 9.17) is 4.74 Å². The van der Waals surface area contributed by atoms with Crippen molar-refractivity contribution in [3.05, 3.63) is 62.1 Å². The Morgan fingerprint density at radius 1 is 1.11 bits per heavy atom. The van der Waals surface area contributed by atoms with E-state index in [0.29, 0.717) is 5.56 Å². The Bertz CT molecular complexity index is 1220. The van der Waals surface area contributed by atoms with Crippen molar-refractivity contribution in [2.75, 3.05) is 6.61 Å². The van der Waals surface area contributed by atoms with E-state index in [1.54, 1.807) is 6.07 Å². The number of Topliss-reactive ketones (excluding diaryl/α,β-unsaturated/α-hetero) is 1. The number of hydrogen-bond acceptors (Lipinski definition) is 6. The molecular formula is C19H20N4O5. The number of nitrogens with zero attached hydrogens (tertiary/aromatic N) is 4. The van der Waals surface area contributed by atoms with Crippen LogP contribution in [0.15, 0.2) is 34.1 Å². The highest BCUT2D eigenvalue weighted by molar-refractivity contribution is 5.99. The average Bonchev–Trinajstić information content (AvgIpc) is 3.06. The number of carbonyl (C=O) groups is 2. The van der Waals surface area contributed by atoms with Crippen LogP contribution < -0.4 is 11.2 Å². The summed E-state index contributed by atoms with van der Waals surface area (Å²) in [7, 11) is 2.84. The lowest BCUT2D eigenvalue weighted by molar-refractivity contribution is -0.143. The lowest BCUT2D eigenvalue weighted by Crippen LogP contribution is -2.37. The number of ketones is 1. The Hall–Kier alpha value is -3.49. The summed E-state index contributed by atoms with van der Waals surface area (Å²) >= 11 is 0. The standard InChI is InChI=1S/C19H20N4O5/c1-11-5-6-13(12(2)7-11)14(24)9-28-15(25)8-23-10-20-17-16(23)18(26)22(4)19(27)21(17)3/h5-7,10H,8-9H2,1-4H3. The molecule has 0 unspecified atom stereocenters. The second kappa shape index (κ2) is 7.26. The molecule has 0 bridgehead atoms. The fourth-order valence-electron chi connectivity index (χ4n) is 3.05. The molecule has 0 radical (unpaired) electrons.